The highest BCUT2D eigenvalue weighted by atomic mass is 28.5. The topological polar surface area (TPSA) is 111 Å². The molecule has 0 radical (unpaired) electrons. The van der Waals surface area contributed by atoms with Crippen LogP contribution in [-0.4, -0.2) is 104 Å². The molecule has 0 saturated heterocycles. The first-order valence-electron chi connectivity index (χ1n) is 12.0. The van der Waals surface area contributed by atoms with Gasteiger partial charge in [-0.2, -0.15) is 0 Å². The van der Waals surface area contributed by atoms with Gasteiger partial charge in [0.1, 0.15) is 0 Å². The zero-order chi connectivity index (χ0) is 27.4. The Kier molecular flexibility index (Phi) is 21.8. The Morgan fingerprint density at radius 3 is 0.914 bits per heavy atom. The summed E-state index contributed by atoms with van der Waals surface area (Å²) in [6.07, 6.45) is 0. The molecule has 0 atom stereocenters. The van der Waals surface area contributed by atoms with Crippen molar-refractivity contribution < 1.29 is 52.5 Å². The number of rotatable bonds is 21. The van der Waals surface area contributed by atoms with Crippen molar-refractivity contribution in [2.45, 2.75) is 60.6 Å². The Labute approximate surface area is 217 Å². The van der Waals surface area contributed by atoms with Crippen molar-refractivity contribution in [1.82, 2.24) is 0 Å². The molecular formula is C19H50O12Si4. The summed E-state index contributed by atoms with van der Waals surface area (Å²) in [5, 5.41) is 0. The minimum absolute atomic E-state index is 0.457. The number of hydrogen-bond donors (Lipinski definition) is 0. The highest BCUT2D eigenvalue weighted by Crippen LogP contribution is 2.24. The maximum Gasteiger partial charge on any atom is 0.672 e. The van der Waals surface area contributed by atoms with Crippen molar-refractivity contribution in [2.75, 3.05) is 68.6 Å². The van der Waals surface area contributed by atoms with Gasteiger partial charge >= 0.3 is 35.7 Å². The lowest BCUT2D eigenvalue weighted by atomic mass is 10.9. The Balaban J connectivity index is 0. The molecule has 0 saturated carbocycles. The van der Waals surface area contributed by atoms with Gasteiger partial charge in [-0.25, -0.2) is 0 Å². The van der Waals surface area contributed by atoms with Crippen LogP contribution in [0.2, 0.25) is 12.1 Å². The molecule has 0 aliphatic carbocycles. The van der Waals surface area contributed by atoms with E-state index in [-0.39, 0.29) is 0 Å². The summed E-state index contributed by atoms with van der Waals surface area (Å²) < 4.78 is 66.6. The SMILES string of the molecule is CCO[Si](CC)(OCC)O[Si](OCC)(OCC)OCC.CC[Si](OC)(OC)O[Si](OC)(OC)OC. The van der Waals surface area contributed by atoms with Crippen molar-refractivity contribution >= 4 is 35.7 Å². The second-order valence-electron chi connectivity index (χ2n) is 6.46. The molecule has 0 bridgehead atoms. The van der Waals surface area contributed by atoms with E-state index in [9.17, 15) is 0 Å². The molecule has 35 heavy (non-hydrogen) atoms. The first kappa shape index (κ1) is 37.5. The third-order valence-electron chi connectivity index (χ3n) is 4.49. The van der Waals surface area contributed by atoms with E-state index in [0.717, 1.165) is 0 Å². The molecule has 0 aromatic carbocycles. The minimum Gasteiger partial charge on any atom is -0.377 e. The van der Waals surface area contributed by atoms with E-state index in [1.165, 1.54) is 21.3 Å². The van der Waals surface area contributed by atoms with Gasteiger partial charge in [-0.1, -0.05) is 13.8 Å². The van der Waals surface area contributed by atoms with Crippen LogP contribution in [0, 0.1) is 0 Å². The molecule has 16 heteroatoms. The van der Waals surface area contributed by atoms with Crippen molar-refractivity contribution in [3.63, 3.8) is 0 Å². The van der Waals surface area contributed by atoms with Gasteiger partial charge < -0.3 is 52.5 Å². The largest absolute Gasteiger partial charge is 0.672 e. The van der Waals surface area contributed by atoms with Crippen LogP contribution in [0.15, 0.2) is 0 Å². The fourth-order valence-electron chi connectivity index (χ4n) is 2.84. The van der Waals surface area contributed by atoms with Gasteiger partial charge in [0.15, 0.2) is 0 Å². The van der Waals surface area contributed by atoms with E-state index in [1.807, 2.05) is 48.5 Å². The van der Waals surface area contributed by atoms with Gasteiger partial charge in [0.25, 0.3) is 0 Å². The maximum absolute atomic E-state index is 6.14. The van der Waals surface area contributed by atoms with Crippen LogP contribution >= 0.6 is 0 Å². The minimum atomic E-state index is -3.21. The van der Waals surface area contributed by atoms with E-state index in [1.54, 1.807) is 14.2 Å². The Bertz CT molecular complexity index is 441. The zero-order valence-electron chi connectivity index (χ0n) is 23.8. The van der Waals surface area contributed by atoms with E-state index in [2.05, 4.69) is 0 Å². The predicted octanol–water partition coefficient (Wildman–Crippen LogP) is 3.21. The van der Waals surface area contributed by atoms with Crippen LogP contribution in [0.1, 0.15) is 48.5 Å². The van der Waals surface area contributed by atoms with Gasteiger partial charge in [0.2, 0.25) is 0 Å². The van der Waals surface area contributed by atoms with E-state index in [0.29, 0.717) is 45.1 Å². The van der Waals surface area contributed by atoms with Crippen molar-refractivity contribution in [3.8, 4) is 0 Å². The first-order chi connectivity index (χ1) is 16.6. The summed E-state index contributed by atoms with van der Waals surface area (Å²) in [6, 6.07) is 1.27. The normalized spacial score (nSPS) is 13.0. The van der Waals surface area contributed by atoms with E-state index >= 15 is 0 Å². The molecule has 0 aromatic heterocycles. The smallest absolute Gasteiger partial charge is 0.377 e. The first-order valence-corrected chi connectivity index (χ1v) is 19.1. The van der Waals surface area contributed by atoms with Crippen LogP contribution in [-0.2, 0) is 52.5 Å². The average Bonchev–Trinajstić information content (AvgIpc) is 2.87. The van der Waals surface area contributed by atoms with Gasteiger partial charge in [-0.15, -0.1) is 0 Å². The van der Waals surface area contributed by atoms with E-state index in [4.69, 9.17) is 52.5 Å². The summed E-state index contributed by atoms with van der Waals surface area (Å²) >= 11 is 0. The number of hydrogen-bond acceptors (Lipinski definition) is 12. The lowest BCUT2D eigenvalue weighted by molar-refractivity contribution is -0.0220. The standard InChI is InChI=1S/C12H30O6Si2.C7H20O6Si2/c1-7-13-19(12-6,14-8-2)18-20(15-9-3,16-10-4)17-11-5;1-7-14(8-2,9-3)13-15(10-4,11-5)12-6/h7-12H2,1-6H3;7H2,1-6H3. The van der Waals surface area contributed by atoms with Crippen molar-refractivity contribution in [2.24, 2.45) is 0 Å². The quantitative estimate of drug-likeness (QED) is 0.185. The van der Waals surface area contributed by atoms with Crippen LogP contribution in [0.3, 0.4) is 0 Å². The average molecular weight is 583 g/mol. The molecule has 0 aliphatic rings. The third kappa shape index (κ3) is 12.7. The fraction of sp³-hybridized carbons (Fsp3) is 1.00. The molecule has 0 N–H and O–H groups in total. The summed E-state index contributed by atoms with van der Waals surface area (Å²) in [5.74, 6) is 0. The van der Waals surface area contributed by atoms with Crippen molar-refractivity contribution in [3.05, 3.63) is 0 Å². The molecule has 0 unspecified atom stereocenters. The molecule has 0 amide bonds. The highest BCUT2D eigenvalue weighted by Gasteiger charge is 2.56. The molecule has 214 valence electrons. The van der Waals surface area contributed by atoms with Crippen molar-refractivity contribution in [1.29, 1.82) is 0 Å². The molecular weight excluding hydrogens is 533 g/mol. The predicted molar refractivity (Wildman–Crippen MR) is 139 cm³/mol. The van der Waals surface area contributed by atoms with Crippen LogP contribution < -0.4 is 0 Å². The summed E-state index contributed by atoms with van der Waals surface area (Å²) in [4.78, 5) is 0. The Morgan fingerprint density at radius 1 is 0.371 bits per heavy atom. The van der Waals surface area contributed by atoms with Crippen LogP contribution in [0.4, 0.5) is 0 Å². The van der Waals surface area contributed by atoms with Crippen LogP contribution in [0.25, 0.3) is 0 Å². The zero-order valence-corrected chi connectivity index (χ0v) is 27.8. The lowest BCUT2D eigenvalue weighted by Gasteiger charge is -2.35. The molecule has 0 fully saturated rings. The van der Waals surface area contributed by atoms with Gasteiger partial charge in [0, 0.05) is 80.7 Å². The highest BCUT2D eigenvalue weighted by molar-refractivity contribution is 6.72. The van der Waals surface area contributed by atoms with Crippen LogP contribution in [0.5, 0.6) is 0 Å². The molecule has 0 rings (SSSR count). The molecule has 0 spiro atoms. The Hall–Kier alpha value is 0.388. The second kappa shape index (κ2) is 20.4. The maximum atomic E-state index is 6.14. The molecule has 12 nitrogen and oxygen atoms in total. The lowest BCUT2D eigenvalue weighted by Crippen LogP contribution is -2.60. The van der Waals surface area contributed by atoms with Gasteiger partial charge in [-0.05, 0) is 34.6 Å². The molecule has 0 heterocycles. The third-order valence-corrected chi connectivity index (χ3v) is 16.8. The molecule has 0 aliphatic heterocycles. The second-order valence-corrected chi connectivity index (χ2v) is 17.7. The van der Waals surface area contributed by atoms with E-state index < -0.39 is 35.7 Å². The molecule has 0 aromatic rings. The summed E-state index contributed by atoms with van der Waals surface area (Å²) in [7, 11) is -4.38. The van der Waals surface area contributed by atoms with Gasteiger partial charge in [0.05, 0.1) is 0 Å². The van der Waals surface area contributed by atoms with Gasteiger partial charge in [-0.3, -0.25) is 0 Å². The fourth-order valence-corrected chi connectivity index (χ4v) is 13.8. The monoisotopic (exact) mass is 582 g/mol. The summed E-state index contributed by atoms with van der Waals surface area (Å²) in [6.45, 7) is 15.8. The summed E-state index contributed by atoms with van der Waals surface area (Å²) in [5.41, 5.74) is 0. The Morgan fingerprint density at radius 2 is 0.686 bits per heavy atom.